The summed E-state index contributed by atoms with van der Waals surface area (Å²) in [6, 6.07) is 9.37. The van der Waals surface area contributed by atoms with Gasteiger partial charge in [0.15, 0.2) is 0 Å². The Balaban J connectivity index is 1.86. The minimum atomic E-state index is 0.469. The maximum atomic E-state index is 5.71. The first-order valence-corrected chi connectivity index (χ1v) is 6.15. The molecule has 19 heavy (non-hydrogen) atoms. The van der Waals surface area contributed by atoms with Gasteiger partial charge in [0.2, 0.25) is 5.88 Å². The van der Waals surface area contributed by atoms with Crippen LogP contribution in [0.2, 0.25) is 0 Å². The highest BCUT2D eigenvalue weighted by Crippen LogP contribution is 2.18. The monoisotopic (exact) mass is 262 g/mol. The maximum absolute atomic E-state index is 5.71. The number of ether oxygens (including phenoxy) is 3. The Labute approximate surface area is 112 Å². The highest BCUT2D eigenvalue weighted by molar-refractivity contribution is 5.82. The van der Waals surface area contributed by atoms with Gasteiger partial charge in [-0.15, -0.1) is 0 Å². The molecule has 2 rings (SSSR count). The van der Waals surface area contributed by atoms with Crippen molar-refractivity contribution in [2.24, 2.45) is 0 Å². The second kappa shape index (κ2) is 6.92. The number of benzene rings is 1. The number of hydrogen-bond donors (Lipinski definition) is 1. The topological polar surface area (TPSA) is 66.6 Å². The van der Waals surface area contributed by atoms with Crippen LogP contribution in [0.25, 0.3) is 10.9 Å². The zero-order chi connectivity index (χ0) is 13.5. The number of anilines is 1. The first-order chi connectivity index (χ1) is 9.29. The summed E-state index contributed by atoms with van der Waals surface area (Å²) in [5.74, 6) is 0.590. The summed E-state index contributed by atoms with van der Waals surface area (Å²) in [7, 11) is 1.64. The van der Waals surface area contributed by atoms with Crippen LogP contribution in [0.5, 0.6) is 5.88 Å². The Kier molecular flexibility index (Phi) is 4.94. The molecule has 1 heterocycles. The second-order valence-electron chi connectivity index (χ2n) is 4.06. The van der Waals surface area contributed by atoms with Crippen molar-refractivity contribution in [3.05, 3.63) is 30.3 Å². The van der Waals surface area contributed by atoms with Gasteiger partial charge in [-0.05, 0) is 24.3 Å². The largest absolute Gasteiger partial charge is 0.475 e. The van der Waals surface area contributed by atoms with Crippen LogP contribution in [0, 0.1) is 0 Å². The highest BCUT2D eigenvalue weighted by Gasteiger charge is 2.00. The molecule has 0 saturated carbocycles. The molecule has 0 saturated heterocycles. The molecule has 0 aliphatic carbocycles. The van der Waals surface area contributed by atoms with Crippen molar-refractivity contribution in [3.8, 4) is 5.88 Å². The average Bonchev–Trinajstić information content (AvgIpc) is 2.43. The number of nitrogen functional groups attached to an aromatic ring is 1. The summed E-state index contributed by atoms with van der Waals surface area (Å²) in [5.41, 5.74) is 7.31. The lowest BCUT2D eigenvalue weighted by atomic mass is 10.2. The molecule has 2 N–H and O–H groups in total. The third kappa shape index (κ3) is 4.08. The molecule has 1 aromatic carbocycles. The van der Waals surface area contributed by atoms with Gasteiger partial charge in [-0.25, -0.2) is 4.98 Å². The van der Waals surface area contributed by atoms with Gasteiger partial charge in [-0.1, -0.05) is 0 Å². The van der Waals surface area contributed by atoms with E-state index in [-0.39, 0.29) is 0 Å². The Morgan fingerprint density at radius 3 is 2.74 bits per heavy atom. The van der Waals surface area contributed by atoms with Crippen molar-refractivity contribution in [1.82, 2.24) is 4.98 Å². The van der Waals surface area contributed by atoms with E-state index in [9.17, 15) is 0 Å². The summed E-state index contributed by atoms with van der Waals surface area (Å²) in [5, 5.41) is 1.00. The molecule has 0 radical (unpaired) electrons. The maximum Gasteiger partial charge on any atom is 0.213 e. The van der Waals surface area contributed by atoms with E-state index in [1.54, 1.807) is 7.11 Å². The molecule has 1 aromatic heterocycles. The average molecular weight is 262 g/mol. The lowest BCUT2D eigenvalue weighted by Gasteiger charge is -2.07. The minimum Gasteiger partial charge on any atom is -0.475 e. The fraction of sp³-hybridized carbons (Fsp3) is 0.357. The third-order valence-electron chi connectivity index (χ3n) is 2.60. The van der Waals surface area contributed by atoms with Gasteiger partial charge in [0.25, 0.3) is 0 Å². The molecule has 5 heteroatoms. The van der Waals surface area contributed by atoms with Crippen LogP contribution in [-0.4, -0.2) is 38.5 Å². The van der Waals surface area contributed by atoms with Crippen LogP contribution in [0.1, 0.15) is 0 Å². The SMILES string of the molecule is COCCOCCOc1ccc2cc(N)ccc2n1. The van der Waals surface area contributed by atoms with Crippen molar-refractivity contribution in [1.29, 1.82) is 0 Å². The van der Waals surface area contributed by atoms with Crippen molar-refractivity contribution < 1.29 is 14.2 Å². The molecule has 0 aliphatic rings. The smallest absolute Gasteiger partial charge is 0.213 e. The first-order valence-electron chi connectivity index (χ1n) is 6.15. The number of fused-ring (bicyclic) bond motifs is 1. The van der Waals surface area contributed by atoms with Gasteiger partial charge in [0.05, 0.1) is 25.3 Å². The van der Waals surface area contributed by atoms with Crippen LogP contribution in [-0.2, 0) is 9.47 Å². The molecule has 0 spiro atoms. The van der Waals surface area contributed by atoms with Gasteiger partial charge >= 0.3 is 0 Å². The molecule has 0 aliphatic heterocycles. The van der Waals surface area contributed by atoms with Gasteiger partial charge in [0.1, 0.15) is 6.61 Å². The Morgan fingerprint density at radius 2 is 1.89 bits per heavy atom. The summed E-state index contributed by atoms with van der Waals surface area (Å²) in [6.07, 6.45) is 0. The van der Waals surface area contributed by atoms with Crippen molar-refractivity contribution in [2.75, 3.05) is 39.3 Å². The minimum absolute atomic E-state index is 0.469. The fourth-order valence-corrected chi connectivity index (χ4v) is 1.66. The standard InChI is InChI=1S/C14H18N2O3/c1-17-6-7-18-8-9-19-14-5-2-11-10-12(15)3-4-13(11)16-14/h2-5,10H,6-9,15H2,1H3. The number of nitrogens with two attached hydrogens (primary N) is 1. The van der Waals surface area contributed by atoms with Crippen LogP contribution >= 0.6 is 0 Å². The quantitative estimate of drug-likeness (QED) is 0.609. The zero-order valence-electron chi connectivity index (χ0n) is 11.0. The van der Waals surface area contributed by atoms with E-state index in [0.717, 1.165) is 16.6 Å². The lowest BCUT2D eigenvalue weighted by molar-refractivity contribution is 0.0537. The van der Waals surface area contributed by atoms with E-state index in [0.29, 0.717) is 32.3 Å². The molecule has 0 unspecified atom stereocenters. The number of methoxy groups -OCH3 is 1. The zero-order valence-corrected chi connectivity index (χ0v) is 11.0. The molecule has 2 aromatic rings. The predicted molar refractivity (Wildman–Crippen MR) is 74.3 cm³/mol. The summed E-state index contributed by atoms with van der Waals surface area (Å²) in [4.78, 5) is 4.39. The number of rotatable bonds is 7. The van der Waals surface area contributed by atoms with Crippen LogP contribution in [0.3, 0.4) is 0 Å². The van der Waals surface area contributed by atoms with Crippen molar-refractivity contribution in [2.45, 2.75) is 0 Å². The Hall–Kier alpha value is -1.85. The Bertz CT molecular complexity index is 531. The third-order valence-corrected chi connectivity index (χ3v) is 2.60. The molecule has 0 amide bonds. The van der Waals surface area contributed by atoms with Crippen LogP contribution in [0.15, 0.2) is 30.3 Å². The molecule has 5 nitrogen and oxygen atoms in total. The van der Waals surface area contributed by atoms with Crippen LogP contribution < -0.4 is 10.5 Å². The molecule has 0 fully saturated rings. The van der Waals surface area contributed by atoms with E-state index in [1.165, 1.54) is 0 Å². The van der Waals surface area contributed by atoms with E-state index in [1.807, 2.05) is 30.3 Å². The predicted octanol–water partition coefficient (Wildman–Crippen LogP) is 1.86. The number of aromatic nitrogens is 1. The van der Waals surface area contributed by atoms with E-state index in [2.05, 4.69) is 4.98 Å². The van der Waals surface area contributed by atoms with E-state index < -0.39 is 0 Å². The summed E-state index contributed by atoms with van der Waals surface area (Å²) in [6.45, 7) is 2.15. The second-order valence-corrected chi connectivity index (χ2v) is 4.06. The molecular formula is C14H18N2O3. The first kappa shape index (κ1) is 13.6. The molecule has 0 atom stereocenters. The van der Waals surface area contributed by atoms with E-state index >= 15 is 0 Å². The van der Waals surface area contributed by atoms with Crippen molar-refractivity contribution in [3.63, 3.8) is 0 Å². The molecule has 0 bridgehead atoms. The number of nitrogens with zero attached hydrogens (tertiary/aromatic N) is 1. The van der Waals surface area contributed by atoms with Gasteiger partial charge in [-0.2, -0.15) is 0 Å². The van der Waals surface area contributed by atoms with Gasteiger partial charge in [0, 0.05) is 24.2 Å². The highest BCUT2D eigenvalue weighted by atomic mass is 16.5. The number of hydrogen-bond acceptors (Lipinski definition) is 5. The lowest BCUT2D eigenvalue weighted by Crippen LogP contribution is -2.10. The molecular weight excluding hydrogens is 244 g/mol. The van der Waals surface area contributed by atoms with E-state index in [4.69, 9.17) is 19.9 Å². The molecule has 102 valence electrons. The van der Waals surface area contributed by atoms with Gasteiger partial charge < -0.3 is 19.9 Å². The summed E-state index contributed by atoms with van der Waals surface area (Å²) < 4.78 is 15.7. The van der Waals surface area contributed by atoms with Gasteiger partial charge in [-0.3, -0.25) is 0 Å². The number of pyridine rings is 1. The van der Waals surface area contributed by atoms with Crippen molar-refractivity contribution >= 4 is 16.6 Å². The Morgan fingerprint density at radius 1 is 1.05 bits per heavy atom. The fourth-order valence-electron chi connectivity index (χ4n) is 1.66. The summed E-state index contributed by atoms with van der Waals surface area (Å²) >= 11 is 0. The normalized spacial score (nSPS) is 10.8. The van der Waals surface area contributed by atoms with Crippen LogP contribution in [0.4, 0.5) is 5.69 Å².